The fourth-order valence-electron chi connectivity index (χ4n) is 1.41. The van der Waals surface area contributed by atoms with Crippen molar-refractivity contribution in [2.45, 2.75) is 45.4 Å². The Hall–Kier alpha value is -0.420. The summed E-state index contributed by atoms with van der Waals surface area (Å²) in [6.45, 7) is 8.11. The molecular formula is C11H22N2O2S. The predicted octanol–water partition coefficient (Wildman–Crippen LogP) is 1.69. The van der Waals surface area contributed by atoms with Crippen LogP contribution in [0, 0.1) is 0 Å². The highest BCUT2D eigenvalue weighted by atomic mass is 32.2. The van der Waals surface area contributed by atoms with Crippen molar-refractivity contribution >= 4 is 17.9 Å². The number of ether oxygens (including phenoxy) is 1. The third-order valence-corrected chi connectivity index (χ3v) is 3.41. The third-order valence-electron chi connectivity index (χ3n) is 2.17. The summed E-state index contributed by atoms with van der Waals surface area (Å²) in [5.74, 6) is 1.98. The van der Waals surface area contributed by atoms with Gasteiger partial charge in [-0.1, -0.05) is 0 Å². The van der Waals surface area contributed by atoms with Gasteiger partial charge in [-0.25, -0.2) is 4.79 Å². The van der Waals surface area contributed by atoms with Crippen molar-refractivity contribution in [1.29, 1.82) is 0 Å². The molecule has 1 amide bonds. The summed E-state index contributed by atoms with van der Waals surface area (Å²) in [6.07, 6.45) is -0.241. The van der Waals surface area contributed by atoms with E-state index in [-0.39, 0.29) is 12.1 Å². The molecule has 1 rings (SSSR count). The molecule has 1 aliphatic rings. The van der Waals surface area contributed by atoms with Gasteiger partial charge in [-0.05, 0) is 27.7 Å². The van der Waals surface area contributed by atoms with Gasteiger partial charge in [-0.2, -0.15) is 11.8 Å². The van der Waals surface area contributed by atoms with Crippen molar-refractivity contribution in [3.05, 3.63) is 0 Å². The molecule has 16 heavy (non-hydrogen) atoms. The Balaban J connectivity index is 2.57. The molecule has 5 heteroatoms. The van der Waals surface area contributed by atoms with Crippen LogP contribution in [0.1, 0.15) is 27.7 Å². The molecule has 0 aromatic carbocycles. The minimum Gasteiger partial charge on any atom is -0.444 e. The van der Waals surface area contributed by atoms with Crippen LogP contribution in [0.2, 0.25) is 0 Å². The Labute approximate surface area is 102 Å². The van der Waals surface area contributed by atoms with Crippen LogP contribution < -0.4 is 5.73 Å². The Morgan fingerprint density at radius 1 is 1.56 bits per heavy atom. The normalized spacial score (nSPS) is 18.8. The summed E-state index contributed by atoms with van der Waals surface area (Å²) in [7, 11) is 0. The minimum absolute atomic E-state index is 0.0156. The summed E-state index contributed by atoms with van der Waals surface area (Å²) in [5.41, 5.74) is 5.31. The molecule has 4 nitrogen and oxygen atoms in total. The number of nitrogens with zero attached hydrogens (tertiary/aromatic N) is 1. The van der Waals surface area contributed by atoms with Gasteiger partial charge in [0, 0.05) is 24.1 Å². The van der Waals surface area contributed by atoms with Crippen molar-refractivity contribution < 1.29 is 9.53 Å². The fraction of sp³-hybridized carbons (Fsp3) is 0.909. The van der Waals surface area contributed by atoms with Gasteiger partial charge >= 0.3 is 6.09 Å². The number of carbonyl (C=O) groups is 1. The first-order valence-corrected chi connectivity index (χ1v) is 6.78. The number of rotatable bonds is 3. The zero-order chi connectivity index (χ0) is 12.3. The van der Waals surface area contributed by atoms with Crippen molar-refractivity contribution in [2.24, 2.45) is 5.73 Å². The Morgan fingerprint density at radius 2 is 2.12 bits per heavy atom. The first-order chi connectivity index (χ1) is 7.29. The van der Waals surface area contributed by atoms with Gasteiger partial charge in [0.25, 0.3) is 0 Å². The zero-order valence-electron chi connectivity index (χ0n) is 10.5. The van der Waals surface area contributed by atoms with Crippen molar-refractivity contribution in [1.82, 2.24) is 4.90 Å². The topological polar surface area (TPSA) is 55.6 Å². The Bertz CT molecular complexity index is 247. The van der Waals surface area contributed by atoms with Crippen LogP contribution in [0.4, 0.5) is 4.79 Å². The number of nitrogens with two attached hydrogens (primary N) is 1. The molecule has 1 atom stereocenters. The van der Waals surface area contributed by atoms with E-state index in [0.29, 0.717) is 12.6 Å². The fourth-order valence-corrected chi connectivity index (χ4v) is 2.21. The highest BCUT2D eigenvalue weighted by Gasteiger charge is 2.32. The molecule has 0 aromatic heterocycles. The molecule has 1 fully saturated rings. The van der Waals surface area contributed by atoms with E-state index in [9.17, 15) is 4.79 Å². The van der Waals surface area contributed by atoms with Gasteiger partial charge < -0.3 is 15.4 Å². The lowest BCUT2D eigenvalue weighted by Gasteiger charge is -2.38. The molecule has 0 aliphatic carbocycles. The zero-order valence-corrected chi connectivity index (χ0v) is 11.3. The maximum absolute atomic E-state index is 12.0. The van der Waals surface area contributed by atoms with Crippen LogP contribution >= 0.6 is 11.8 Å². The van der Waals surface area contributed by atoms with Crippen LogP contribution in [-0.2, 0) is 4.74 Å². The lowest BCUT2D eigenvalue weighted by Crippen LogP contribution is -2.52. The average Bonchev–Trinajstić information content (AvgIpc) is 1.95. The first-order valence-electron chi connectivity index (χ1n) is 5.62. The van der Waals surface area contributed by atoms with Crippen LogP contribution in [0.25, 0.3) is 0 Å². The van der Waals surface area contributed by atoms with Crippen molar-refractivity contribution in [2.75, 3.05) is 18.1 Å². The smallest absolute Gasteiger partial charge is 0.410 e. The average molecular weight is 246 g/mol. The number of amides is 1. The van der Waals surface area contributed by atoms with Crippen LogP contribution in [0.5, 0.6) is 0 Å². The van der Waals surface area contributed by atoms with E-state index in [1.807, 2.05) is 39.5 Å². The SMILES string of the molecule is CC(N)CN(C(=O)OC(C)(C)C)C1CSC1. The molecule has 0 bridgehead atoms. The second-order valence-corrected chi connectivity index (χ2v) is 6.38. The lowest BCUT2D eigenvalue weighted by atomic mass is 10.2. The second kappa shape index (κ2) is 5.27. The van der Waals surface area contributed by atoms with Crippen LogP contribution in [0.15, 0.2) is 0 Å². The van der Waals surface area contributed by atoms with Crippen molar-refractivity contribution in [3.63, 3.8) is 0 Å². The highest BCUT2D eigenvalue weighted by molar-refractivity contribution is 8.00. The van der Waals surface area contributed by atoms with Gasteiger partial charge in [-0.3, -0.25) is 0 Å². The Kier molecular flexibility index (Phi) is 4.50. The van der Waals surface area contributed by atoms with E-state index in [1.54, 1.807) is 4.90 Å². The van der Waals surface area contributed by atoms with E-state index in [4.69, 9.17) is 10.5 Å². The summed E-state index contributed by atoms with van der Waals surface area (Å²) >= 11 is 1.85. The van der Waals surface area contributed by atoms with Gasteiger partial charge in [0.15, 0.2) is 0 Å². The van der Waals surface area contributed by atoms with Crippen LogP contribution in [0.3, 0.4) is 0 Å². The second-order valence-electron chi connectivity index (χ2n) is 5.30. The standard InChI is InChI=1S/C11H22N2O2S/c1-8(12)5-13(9-6-16-7-9)10(14)15-11(2,3)4/h8-9H,5-7,12H2,1-4H3. The molecule has 2 N–H and O–H groups in total. The van der Waals surface area contributed by atoms with Crippen LogP contribution in [-0.4, -0.2) is 46.7 Å². The van der Waals surface area contributed by atoms with Gasteiger partial charge in [0.2, 0.25) is 0 Å². The largest absolute Gasteiger partial charge is 0.444 e. The summed E-state index contributed by atoms with van der Waals surface area (Å²) in [6, 6.07) is 0.281. The molecular weight excluding hydrogens is 224 g/mol. The Morgan fingerprint density at radius 3 is 2.44 bits per heavy atom. The predicted molar refractivity (Wildman–Crippen MR) is 67.7 cm³/mol. The first kappa shape index (κ1) is 13.6. The number of hydrogen-bond donors (Lipinski definition) is 1. The molecule has 1 saturated heterocycles. The van der Waals surface area contributed by atoms with Gasteiger partial charge in [0.1, 0.15) is 5.60 Å². The monoisotopic (exact) mass is 246 g/mol. The molecule has 1 aliphatic heterocycles. The van der Waals surface area contributed by atoms with E-state index >= 15 is 0 Å². The molecule has 0 radical (unpaired) electrons. The maximum Gasteiger partial charge on any atom is 0.410 e. The van der Waals surface area contributed by atoms with E-state index in [0.717, 1.165) is 11.5 Å². The minimum atomic E-state index is -0.440. The third kappa shape index (κ3) is 4.22. The van der Waals surface area contributed by atoms with Gasteiger partial charge in [0.05, 0.1) is 6.04 Å². The van der Waals surface area contributed by atoms with E-state index in [1.165, 1.54) is 0 Å². The maximum atomic E-state index is 12.0. The highest BCUT2D eigenvalue weighted by Crippen LogP contribution is 2.25. The number of carbonyl (C=O) groups excluding carboxylic acids is 1. The molecule has 94 valence electrons. The van der Waals surface area contributed by atoms with E-state index in [2.05, 4.69) is 0 Å². The summed E-state index contributed by atoms with van der Waals surface area (Å²) in [4.78, 5) is 13.7. The molecule has 0 spiro atoms. The number of thioether (sulfide) groups is 1. The quantitative estimate of drug-likeness (QED) is 0.823. The van der Waals surface area contributed by atoms with Crippen molar-refractivity contribution in [3.8, 4) is 0 Å². The molecule has 0 saturated carbocycles. The summed E-state index contributed by atoms with van der Waals surface area (Å²) < 4.78 is 5.38. The van der Waals surface area contributed by atoms with Gasteiger partial charge in [-0.15, -0.1) is 0 Å². The van der Waals surface area contributed by atoms with E-state index < -0.39 is 5.60 Å². The lowest BCUT2D eigenvalue weighted by molar-refractivity contribution is 0.0180. The number of hydrogen-bond acceptors (Lipinski definition) is 4. The summed E-state index contributed by atoms with van der Waals surface area (Å²) in [5, 5.41) is 0. The molecule has 1 unspecified atom stereocenters. The molecule has 1 heterocycles. The molecule has 0 aromatic rings.